The van der Waals surface area contributed by atoms with Gasteiger partial charge in [-0.2, -0.15) is 0 Å². The summed E-state index contributed by atoms with van der Waals surface area (Å²) in [6.07, 6.45) is 0. The van der Waals surface area contributed by atoms with Crippen molar-refractivity contribution < 1.29 is 14.3 Å². The first-order valence-corrected chi connectivity index (χ1v) is 14.5. The SMILES string of the molecule is Cc1c(C(=O)N2CCN(C(c3ccccc3)c3ccccc3)CC2)cc(-c2ccccc2)n1-c1ccc2c(c1)OCO2. The van der Waals surface area contributed by atoms with Gasteiger partial charge in [0.1, 0.15) is 0 Å². The van der Waals surface area contributed by atoms with Crippen LogP contribution in [0.1, 0.15) is 33.2 Å². The summed E-state index contributed by atoms with van der Waals surface area (Å²) in [5, 5.41) is 0. The normalized spacial score (nSPS) is 14.9. The van der Waals surface area contributed by atoms with Crippen LogP contribution in [0.2, 0.25) is 0 Å². The Morgan fingerprint density at radius 1 is 0.690 bits per heavy atom. The first-order valence-electron chi connectivity index (χ1n) is 14.5. The van der Waals surface area contributed by atoms with E-state index in [2.05, 4.69) is 82.3 Å². The number of carbonyl (C=O) groups excluding carboxylic acids is 1. The lowest BCUT2D eigenvalue weighted by molar-refractivity contribution is 0.0596. The molecule has 1 saturated heterocycles. The summed E-state index contributed by atoms with van der Waals surface area (Å²) in [5.41, 5.74) is 7.14. The van der Waals surface area contributed by atoms with Crippen LogP contribution in [0.3, 0.4) is 0 Å². The summed E-state index contributed by atoms with van der Waals surface area (Å²) >= 11 is 0. The number of fused-ring (bicyclic) bond motifs is 1. The van der Waals surface area contributed by atoms with Crippen molar-refractivity contribution in [1.82, 2.24) is 14.4 Å². The molecule has 5 aromatic rings. The monoisotopic (exact) mass is 555 g/mol. The van der Waals surface area contributed by atoms with E-state index in [1.165, 1.54) is 11.1 Å². The van der Waals surface area contributed by atoms with Gasteiger partial charge >= 0.3 is 0 Å². The van der Waals surface area contributed by atoms with Crippen molar-refractivity contribution in [2.45, 2.75) is 13.0 Å². The number of amides is 1. The van der Waals surface area contributed by atoms with Crippen LogP contribution in [0.25, 0.3) is 16.9 Å². The maximum atomic E-state index is 14.1. The highest BCUT2D eigenvalue weighted by molar-refractivity contribution is 5.97. The lowest BCUT2D eigenvalue weighted by Crippen LogP contribution is -2.50. The van der Waals surface area contributed by atoms with Crippen molar-refractivity contribution in [3.8, 4) is 28.4 Å². The van der Waals surface area contributed by atoms with Gasteiger partial charge in [0.2, 0.25) is 6.79 Å². The van der Waals surface area contributed by atoms with Gasteiger partial charge in [-0.05, 0) is 41.8 Å². The fraction of sp³-hybridized carbons (Fsp3) is 0.194. The minimum Gasteiger partial charge on any atom is -0.454 e. The Morgan fingerprint density at radius 3 is 1.93 bits per heavy atom. The molecule has 6 heteroatoms. The van der Waals surface area contributed by atoms with Gasteiger partial charge in [-0.3, -0.25) is 9.69 Å². The number of rotatable bonds is 6. The number of ether oxygens (including phenoxy) is 2. The van der Waals surface area contributed by atoms with Crippen molar-refractivity contribution in [3.05, 3.63) is 138 Å². The summed E-state index contributed by atoms with van der Waals surface area (Å²) in [6, 6.07) is 39.7. The number of hydrogen-bond donors (Lipinski definition) is 0. The van der Waals surface area contributed by atoms with E-state index >= 15 is 0 Å². The number of nitrogens with zero attached hydrogens (tertiary/aromatic N) is 3. The largest absolute Gasteiger partial charge is 0.454 e. The summed E-state index contributed by atoms with van der Waals surface area (Å²) in [6.45, 7) is 5.19. The maximum Gasteiger partial charge on any atom is 0.255 e. The van der Waals surface area contributed by atoms with E-state index in [4.69, 9.17) is 9.47 Å². The standard InChI is InChI=1S/C36H33N3O3/c1-26-31(24-32(27-11-5-2-6-12-27)39(26)30-17-18-33-34(23-30)42-25-41-33)36(40)38-21-19-37(20-22-38)35(28-13-7-3-8-14-28)29-15-9-4-10-16-29/h2-18,23-24,35H,19-22,25H2,1H3. The van der Waals surface area contributed by atoms with E-state index in [0.717, 1.165) is 52.8 Å². The molecule has 0 aliphatic carbocycles. The molecule has 6 nitrogen and oxygen atoms in total. The molecule has 0 atom stereocenters. The minimum absolute atomic E-state index is 0.0693. The second kappa shape index (κ2) is 11.2. The third-order valence-electron chi connectivity index (χ3n) is 8.36. The summed E-state index contributed by atoms with van der Waals surface area (Å²) in [7, 11) is 0. The fourth-order valence-electron chi connectivity index (χ4n) is 6.24. The molecule has 1 amide bonds. The van der Waals surface area contributed by atoms with Gasteiger partial charge in [-0.25, -0.2) is 0 Å². The first-order chi connectivity index (χ1) is 20.7. The van der Waals surface area contributed by atoms with E-state index in [9.17, 15) is 4.79 Å². The van der Waals surface area contributed by atoms with Gasteiger partial charge in [0, 0.05) is 43.6 Å². The van der Waals surface area contributed by atoms with Crippen molar-refractivity contribution >= 4 is 5.91 Å². The van der Waals surface area contributed by atoms with Crippen LogP contribution >= 0.6 is 0 Å². The predicted octanol–water partition coefficient (Wildman–Crippen LogP) is 6.73. The van der Waals surface area contributed by atoms with Gasteiger partial charge in [0.05, 0.1) is 17.3 Å². The van der Waals surface area contributed by atoms with E-state index in [1.807, 2.05) is 54.3 Å². The van der Waals surface area contributed by atoms with Crippen LogP contribution in [0, 0.1) is 6.92 Å². The summed E-state index contributed by atoms with van der Waals surface area (Å²) in [5.74, 6) is 1.53. The number of benzene rings is 4. The average Bonchev–Trinajstić information content (AvgIpc) is 3.66. The molecule has 0 N–H and O–H groups in total. The molecule has 0 radical (unpaired) electrons. The highest BCUT2D eigenvalue weighted by atomic mass is 16.7. The maximum absolute atomic E-state index is 14.1. The van der Waals surface area contributed by atoms with E-state index in [0.29, 0.717) is 13.1 Å². The zero-order chi connectivity index (χ0) is 28.5. The fourth-order valence-corrected chi connectivity index (χ4v) is 6.24. The van der Waals surface area contributed by atoms with Crippen LogP contribution in [0.4, 0.5) is 0 Å². The second-order valence-corrected chi connectivity index (χ2v) is 10.8. The average molecular weight is 556 g/mol. The topological polar surface area (TPSA) is 46.9 Å². The quantitative estimate of drug-likeness (QED) is 0.233. The minimum atomic E-state index is 0.0693. The molecular weight excluding hydrogens is 522 g/mol. The number of carbonyl (C=O) groups is 1. The van der Waals surface area contributed by atoms with Crippen LogP contribution in [-0.2, 0) is 0 Å². The van der Waals surface area contributed by atoms with Crippen molar-refractivity contribution in [1.29, 1.82) is 0 Å². The predicted molar refractivity (Wildman–Crippen MR) is 164 cm³/mol. The third kappa shape index (κ3) is 4.84. The zero-order valence-corrected chi connectivity index (χ0v) is 23.6. The number of hydrogen-bond acceptors (Lipinski definition) is 4. The Morgan fingerprint density at radius 2 is 1.29 bits per heavy atom. The van der Waals surface area contributed by atoms with Gasteiger partial charge in [0.25, 0.3) is 5.91 Å². The Bertz CT molecular complexity index is 1650. The third-order valence-corrected chi connectivity index (χ3v) is 8.36. The molecular formula is C36H33N3O3. The lowest BCUT2D eigenvalue weighted by atomic mass is 9.96. The Kier molecular flexibility index (Phi) is 6.98. The zero-order valence-electron chi connectivity index (χ0n) is 23.6. The molecule has 1 fully saturated rings. The van der Waals surface area contributed by atoms with Gasteiger partial charge in [-0.1, -0.05) is 91.0 Å². The summed E-state index contributed by atoms with van der Waals surface area (Å²) in [4.78, 5) is 18.6. The molecule has 0 bridgehead atoms. The molecule has 210 valence electrons. The van der Waals surface area contributed by atoms with Crippen LogP contribution in [0.5, 0.6) is 11.5 Å². The molecule has 7 rings (SSSR count). The van der Waals surface area contributed by atoms with Gasteiger partial charge in [-0.15, -0.1) is 0 Å². The van der Waals surface area contributed by atoms with E-state index in [-0.39, 0.29) is 18.7 Å². The van der Waals surface area contributed by atoms with Crippen LogP contribution in [-0.4, -0.2) is 53.2 Å². The first kappa shape index (κ1) is 26.1. The Balaban J connectivity index is 1.18. The second-order valence-electron chi connectivity index (χ2n) is 10.8. The molecule has 42 heavy (non-hydrogen) atoms. The molecule has 2 aliphatic heterocycles. The molecule has 0 saturated carbocycles. The van der Waals surface area contributed by atoms with Crippen molar-refractivity contribution in [2.75, 3.05) is 33.0 Å². The molecule has 3 heterocycles. The highest BCUT2D eigenvalue weighted by Gasteiger charge is 2.30. The van der Waals surface area contributed by atoms with Gasteiger partial charge in [0.15, 0.2) is 11.5 Å². The van der Waals surface area contributed by atoms with E-state index in [1.54, 1.807) is 0 Å². The smallest absolute Gasteiger partial charge is 0.255 e. The van der Waals surface area contributed by atoms with E-state index < -0.39 is 0 Å². The molecule has 0 unspecified atom stereocenters. The van der Waals surface area contributed by atoms with Crippen molar-refractivity contribution in [3.63, 3.8) is 0 Å². The molecule has 4 aromatic carbocycles. The molecule has 1 aromatic heterocycles. The van der Waals surface area contributed by atoms with Crippen molar-refractivity contribution in [2.24, 2.45) is 0 Å². The van der Waals surface area contributed by atoms with Gasteiger partial charge < -0.3 is 18.9 Å². The number of aromatic nitrogens is 1. The molecule has 0 spiro atoms. The number of piperazine rings is 1. The summed E-state index contributed by atoms with van der Waals surface area (Å²) < 4.78 is 13.4. The van der Waals surface area contributed by atoms with Crippen LogP contribution < -0.4 is 9.47 Å². The lowest BCUT2D eigenvalue weighted by Gasteiger charge is -2.39. The Hall–Kier alpha value is -4.81. The molecule has 2 aliphatic rings. The highest BCUT2D eigenvalue weighted by Crippen LogP contribution is 2.37. The Labute approximate surface area is 246 Å². The van der Waals surface area contributed by atoms with Crippen LogP contribution in [0.15, 0.2) is 115 Å².